The van der Waals surface area contributed by atoms with Crippen LogP contribution in [0.2, 0.25) is 5.15 Å². The number of hydrogen-bond donors (Lipinski definition) is 3. The Bertz CT molecular complexity index is 1260. The fraction of sp³-hybridized carbons (Fsp3) is 0.280. The molecule has 5 atom stereocenters. The van der Waals surface area contributed by atoms with Gasteiger partial charge in [0.25, 0.3) is 0 Å². The number of aliphatic hydroxyl groups is 2. The van der Waals surface area contributed by atoms with Crippen LogP contribution in [0.3, 0.4) is 0 Å². The predicted molar refractivity (Wildman–Crippen MR) is 127 cm³/mol. The molecule has 3 N–H and O–H groups in total. The summed E-state index contributed by atoms with van der Waals surface area (Å²) in [6, 6.07) is 17.8. The van der Waals surface area contributed by atoms with Gasteiger partial charge in [-0.2, -0.15) is 0 Å². The molecule has 176 valence electrons. The lowest BCUT2D eigenvalue weighted by Gasteiger charge is -2.40. The van der Waals surface area contributed by atoms with E-state index >= 15 is 0 Å². The van der Waals surface area contributed by atoms with E-state index in [1.165, 1.54) is 13.2 Å². The molecule has 1 aliphatic heterocycles. The normalized spacial score (nSPS) is 29.3. The van der Waals surface area contributed by atoms with Crippen LogP contribution in [0.15, 0.2) is 65.1 Å². The summed E-state index contributed by atoms with van der Waals surface area (Å²) in [7, 11) is 1.38. The average molecular weight is 547 g/mol. The molecule has 1 fully saturated rings. The third-order valence-corrected chi connectivity index (χ3v) is 7.59. The quantitative estimate of drug-likeness (QED) is 0.411. The SMILES string of the molecule is COc1nc(Cl)cc2c1[C@]1(O)[C@H](O)[C@H](CC(=O)O)[C@@H](c3ccccc3)[C@]1(c1ccc(Br)cc1)O2. The Morgan fingerprint density at radius 3 is 2.50 bits per heavy atom. The van der Waals surface area contributed by atoms with E-state index in [4.69, 9.17) is 21.1 Å². The lowest BCUT2D eigenvalue weighted by molar-refractivity contribution is -0.154. The molecule has 1 saturated carbocycles. The summed E-state index contributed by atoms with van der Waals surface area (Å²) in [4.78, 5) is 16.1. The molecule has 0 amide bonds. The minimum absolute atomic E-state index is 0.00539. The van der Waals surface area contributed by atoms with Crippen molar-refractivity contribution in [2.45, 2.75) is 29.6 Å². The van der Waals surface area contributed by atoms with Gasteiger partial charge in [-0.3, -0.25) is 4.79 Å². The molecule has 0 spiro atoms. The molecule has 0 radical (unpaired) electrons. The van der Waals surface area contributed by atoms with Crippen molar-refractivity contribution in [2.24, 2.45) is 5.92 Å². The van der Waals surface area contributed by atoms with Crippen molar-refractivity contribution in [3.05, 3.63) is 87.0 Å². The van der Waals surface area contributed by atoms with Gasteiger partial charge in [-0.05, 0) is 23.3 Å². The Hall–Kier alpha value is -2.65. The van der Waals surface area contributed by atoms with Crippen molar-refractivity contribution in [3.63, 3.8) is 0 Å². The highest BCUT2D eigenvalue weighted by Gasteiger charge is 2.77. The van der Waals surface area contributed by atoms with Crippen LogP contribution in [0, 0.1) is 5.92 Å². The lowest BCUT2D eigenvalue weighted by Crippen LogP contribution is -2.52. The zero-order valence-electron chi connectivity index (χ0n) is 18.0. The second kappa shape index (κ2) is 8.23. The molecule has 34 heavy (non-hydrogen) atoms. The number of pyridine rings is 1. The van der Waals surface area contributed by atoms with E-state index < -0.39 is 35.1 Å². The molecule has 2 aromatic carbocycles. The number of aliphatic hydroxyl groups excluding tert-OH is 1. The zero-order chi connectivity index (χ0) is 24.3. The van der Waals surface area contributed by atoms with E-state index in [0.29, 0.717) is 5.56 Å². The van der Waals surface area contributed by atoms with Gasteiger partial charge in [0.05, 0.1) is 25.2 Å². The largest absolute Gasteiger partial charge is 0.481 e. The zero-order valence-corrected chi connectivity index (χ0v) is 20.3. The van der Waals surface area contributed by atoms with Crippen LogP contribution in [0.4, 0.5) is 0 Å². The summed E-state index contributed by atoms with van der Waals surface area (Å²) in [6.07, 6.45) is -1.90. The Morgan fingerprint density at radius 2 is 1.88 bits per heavy atom. The highest BCUT2D eigenvalue weighted by molar-refractivity contribution is 9.10. The van der Waals surface area contributed by atoms with Gasteiger partial charge in [0.15, 0.2) is 11.2 Å². The smallest absolute Gasteiger partial charge is 0.303 e. The number of carboxylic acid groups (broad SMARTS) is 1. The number of carboxylic acids is 1. The van der Waals surface area contributed by atoms with Gasteiger partial charge >= 0.3 is 5.97 Å². The number of hydrogen-bond acceptors (Lipinski definition) is 6. The Morgan fingerprint density at radius 1 is 1.21 bits per heavy atom. The maximum Gasteiger partial charge on any atom is 0.303 e. The van der Waals surface area contributed by atoms with Crippen molar-refractivity contribution < 1.29 is 29.6 Å². The van der Waals surface area contributed by atoms with Crippen LogP contribution in [-0.4, -0.2) is 39.5 Å². The molecule has 2 aliphatic rings. The van der Waals surface area contributed by atoms with E-state index in [9.17, 15) is 20.1 Å². The van der Waals surface area contributed by atoms with Crippen LogP contribution in [-0.2, 0) is 16.0 Å². The van der Waals surface area contributed by atoms with Crippen molar-refractivity contribution >= 4 is 33.5 Å². The first kappa shape index (κ1) is 23.1. The fourth-order valence-corrected chi connectivity index (χ4v) is 6.12. The first-order chi connectivity index (χ1) is 16.2. The van der Waals surface area contributed by atoms with Gasteiger partial charge in [0, 0.05) is 22.4 Å². The number of carbonyl (C=O) groups is 1. The third-order valence-electron chi connectivity index (χ3n) is 6.87. The summed E-state index contributed by atoms with van der Waals surface area (Å²) < 4.78 is 12.9. The highest BCUT2D eigenvalue weighted by atomic mass is 79.9. The average Bonchev–Trinajstić information content (AvgIpc) is 3.17. The highest BCUT2D eigenvalue weighted by Crippen LogP contribution is 2.70. The molecule has 3 aromatic rings. The summed E-state index contributed by atoms with van der Waals surface area (Å²) >= 11 is 9.65. The Balaban J connectivity index is 1.88. The third kappa shape index (κ3) is 3.09. The first-order valence-corrected chi connectivity index (χ1v) is 11.8. The first-order valence-electron chi connectivity index (χ1n) is 10.6. The molecule has 0 saturated heterocycles. The molecule has 2 heterocycles. The van der Waals surface area contributed by atoms with E-state index in [1.54, 1.807) is 24.3 Å². The van der Waals surface area contributed by atoms with Crippen LogP contribution >= 0.6 is 27.5 Å². The molecule has 1 aromatic heterocycles. The molecule has 0 unspecified atom stereocenters. The van der Waals surface area contributed by atoms with Gasteiger partial charge in [-0.15, -0.1) is 0 Å². The summed E-state index contributed by atoms with van der Waals surface area (Å²) in [5.41, 5.74) is -2.24. The topological polar surface area (TPSA) is 109 Å². The number of halogens is 2. The number of nitrogens with zero attached hydrogens (tertiary/aromatic N) is 1. The molecule has 1 aliphatic carbocycles. The number of methoxy groups -OCH3 is 1. The molecule has 9 heteroatoms. The Labute approximate surface area is 209 Å². The number of rotatable bonds is 5. The van der Waals surface area contributed by atoms with Crippen molar-refractivity contribution in [1.82, 2.24) is 4.98 Å². The summed E-state index contributed by atoms with van der Waals surface area (Å²) in [5, 5.41) is 34.0. The number of ether oxygens (including phenoxy) is 2. The Kier molecular flexibility index (Phi) is 5.60. The lowest BCUT2D eigenvalue weighted by atomic mass is 9.70. The maximum atomic E-state index is 12.5. The van der Waals surface area contributed by atoms with Crippen LogP contribution < -0.4 is 9.47 Å². The van der Waals surface area contributed by atoms with E-state index in [-0.39, 0.29) is 28.8 Å². The van der Waals surface area contributed by atoms with Gasteiger partial charge in [-0.25, -0.2) is 4.98 Å². The molecule has 7 nitrogen and oxygen atoms in total. The van der Waals surface area contributed by atoms with Crippen LogP contribution in [0.5, 0.6) is 11.6 Å². The molecule has 5 rings (SSSR count). The molecular weight excluding hydrogens is 526 g/mol. The van der Waals surface area contributed by atoms with Gasteiger partial charge in [0.2, 0.25) is 5.88 Å². The number of fused-ring (bicyclic) bond motifs is 3. The van der Waals surface area contributed by atoms with Crippen LogP contribution in [0.1, 0.15) is 29.0 Å². The molecular formula is C25H21BrClNO6. The maximum absolute atomic E-state index is 12.5. The fourth-order valence-electron chi connectivity index (χ4n) is 5.68. The van der Waals surface area contributed by atoms with Gasteiger partial charge in [-0.1, -0.05) is 70.0 Å². The number of benzene rings is 2. The second-order valence-corrected chi connectivity index (χ2v) is 9.84. The number of aromatic nitrogens is 1. The monoisotopic (exact) mass is 545 g/mol. The standard InChI is InChI=1S/C25H21BrClNO6/c1-33-23-21-17(12-18(27)28-23)34-25(14-7-9-15(26)10-8-14)20(13-5-3-2-4-6-13)16(11-19(29)30)22(31)24(21,25)32/h2-10,12,16,20,22,31-32H,11H2,1H3,(H,29,30)/t16-,20-,22-,24+,25+/m1/s1. The second-order valence-electron chi connectivity index (χ2n) is 8.53. The van der Waals surface area contributed by atoms with E-state index in [2.05, 4.69) is 20.9 Å². The number of aliphatic carboxylic acids is 1. The van der Waals surface area contributed by atoms with Gasteiger partial charge in [0.1, 0.15) is 10.9 Å². The van der Waals surface area contributed by atoms with Gasteiger partial charge < -0.3 is 24.8 Å². The minimum Gasteiger partial charge on any atom is -0.481 e. The summed E-state index contributed by atoms with van der Waals surface area (Å²) in [5.74, 6) is -2.49. The van der Waals surface area contributed by atoms with E-state index in [0.717, 1.165) is 10.0 Å². The summed E-state index contributed by atoms with van der Waals surface area (Å²) in [6.45, 7) is 0. The van der Waals surface area contributed by atoms with Crippen molar-refractivity contribution in [3.8, 4) is 11.6 Å². The van der Waals surface area contributed by atoms with E-state index in [1.807, 2.05) is 30.3 Å². The molecule has 0 bridgehead atoms. The minimum atomic E-state index is -2.08. The van der Waals surface area contributed by atoms with Crippen molar-refractivity contribution in [1.29, 1.82) is 0 Å². The van der Waals surface area contributed by atoms with Crippen LogP contribution in [0.25, 0.3) is 0 Å². The van der Waals surface area contributed by atoms with Crippen molar-refractivity contribution in [2.75, 3.05) is 7.11 Å². The predicted octanol–water partition coefficient (Wildman–Crippen LogP) is 4.23.